The second kappa shape index (κ2) is 6.42. The van der Waals surface area contributed by atoms with Crippen LogP contribution in [0.2, 0.25) is 0 Å². The summed E-state index contributed by atoms with van der Waals surface area (Å²) in [6.45, 7) is 8.09. The lowest BCUT2D eigenvalue weighted by Crippen LogP contribution is -2.62. The molecule has 4 heteroatoms. The van der Waals surface area contributed by atoms with E-state index in [4.69, 9.17) is 0 Å². The molecule has 1 rings (SSSR count). The fourth-order valence-corrected chi connectivity index (χ4v) is 2.08. The molecule has 1 aliphatic heterocycles. The minimum absolute atomic E-state index is 0.0401. The van der Waals surface area contributed by atoms with Crippen molar-refractivity contribution in [1.29, 1.82) is 0 Å². The topological polar surface area (TPSA) is 49.4 Å². The molecule has 2 atom stereocenters. The zero-order valence-electron chi connectivity index (χ0n) is 10.7. The van der Waals surface area contributed by atoms with Gasteiger partial charge in [0, 0.05) is 6.54 Å². The Labute approximate surface area is 103 Å². The van der Waals surface area contributed by atoms with Crippen molar-refractivity contribution in [3.63, 3.8) is 0 Å². The highest BCUT2D eigenvalue weighted by Gasteiger charge is 2.36. The summed E-state index contributed by atoms with van der Waals surface area (Å²) in [5.74, 6) is 0.0182. The number of nitrogens with one attached hydrogen (secondary N) is 1. The molecule has 0 saturated carbocycles. The Morgan fingerprint density at radius 3 is 2.76 bits per heavy atom. The molecule has 1 fully saturated rings. The van der Waals surface area contributed by atoms with Gasteiger partial charge in [-0.25, -0.2) is 0 Å². The summed E-state index contributed by atoms with van der Waals surface area (Å²) in [7, 11) is 0. The van der Waals surface area contributed by atoms with Gasteiger partial charge in [-0.15, -0.1) is 6.58 Å². The monoisotopic (exact) mass is 238 g/mol. The van der Waals surface area contributed by atoms with Gasteiger partial charge in [0.25, 0.3) is 0 Å². The molecule has 1 heterocycles. The molecule has 0 aliphatic carbocycles. The van der Waals surface area contributed by atoms with E-state index in [1.807, 2.05) is 13.0 Å². The van der Waals surface area contributed by atoms with E-state index in [9.17, 15) is 9.59 Å². The largest absolute Gasteiger partial charge is 0.343 e. The number of piperazine rings is 1. The van der Waals surface area contributed by atoms with Crippen molar-refractivity contribution in [2.45, 2.75) is 51.6 Å². The summed E-state index contributed by atoms with van der Waals surface area (Å²) in [6, 6.07) is -0.673. The van der Waals surface area contributed by atoms with Gasteiger partial charge in [0.05, 0.1) is 0 Å². The minimum atomic E-state index is -0.347. The highest BCUT2D eigenvalue weighted by molar-refractivity contribution is 5.96. The number of allylic oxidation sites excluding steroid dienone is 1. The molecule has 96 valence electrons. The Morgan fingerprint density at radius 1 is 1.47 bits per heavy atom. The lowest BCUT2D eigenvalue weighted by Gasteiger charge is -2.37. The summed E-state index contributed by atoms with van der Waals surface area (Å²) in [5, 5.41) is 2.79. The molecular formula is C13H22N2O2. The number of carbonyl (C=O) groups is 2. The van der Waals surface area contributed by atoms with Crippen LogP contribution in [0.4, 0.5) is 0 Å². The molecule has 17 heavy (non-hydrogen) atoms. The number of hydrogen-bond donors (Lipinski definition) is 1. The number of hydrogen-bond acceptors (Lipinski definition) is 2. The van der Waals surface area contributed by atoms with E-state index in [0.717, 1.165) is 25.7 Å². The summed E-state index contributed by atoms with van der Waals surface area (Å²) in [4.78, 5) is 25.6. The highest BCUT2D eigenvalue weighted by atomic mass is 16.2. The summed E-state index contributed by atoms with van der Waals surface area (Å²) in [5.41, 5.74) is 0. The minimum Gasteiger partial charge on any atom is -0.343 e. The second-order valence-electron chi connectivity index (χ2n) is 4.49. The molecule has 1 N–H and O–H groups in total. The van der Waals surface area contributed by atoms with Gasteiger partial charge in [0.2, 0.25) is 11.8 Å². The first-order valence-corrected chi connectivity index (χ1v) is 6.33. The third-order valence-electron chi connectivity index (χ3n) is 3.13. The molecular weight excluding hydrogens is 216 g/mol. The van der Waals surface area contributed by atoms with E-state index in [2.05, 4.69) is 11.9 Å². The SMILES string of the molecule is C=CCCCN1C(=O)C(CCC)NC(=O)C1C. The third kappa shape index (κ3) is 3.32. The number of nitrogens with zero attached hydrogens (tertiary/aromatic N) is 1. The Bertz CT molecular complexity index is 302. The van der Waals surface area contributed by atoms with Crippen LogP contribution in [0.3, 0.4) is 0 Å². The van der Waals surface area contributed by atoms with Crippen LogP contribution >= 0.6 is 0 Å². The van der Waals surface area contributed by atoms with Gasteiger partial charge in [-0.3, -0.25) is 9.59 Å². The maximum absolute atomic E-state index is 12.2. The molecule has 0 aromatic carbocycles. The van der Waals surface area contributed by atoms with E-state index in [0.29, 0.717) is 6.54 Å². The first kappa shape index (κ1) is 13.7. The molecule has 0 aromatic heterocycles. The molecule has 0 spiro atoms. The predicted octanol–water partition coefficient (Wildman–Crippen LogP) is 1.47. The van der Waals surface area contributed by atoms with Crippen LogP contribution in [0, 0.1) is 0 Å². The van der Waals surface area contributed by atoms with Crippen LogP contribution in [-0.2, 0) is 9.59 Å². The average Bonchev–Trinajstić information content (AvgIpc) is 2.31. The highest BCUT2D eigenvalue weighted by Crippen LogP contribution is 2.14. The van der Waals surface area contributed by atoms with Crippen molar-refractivity contribution in [1.82, 2.24) is 10.2 Å². The second-order valence-corrected chi connectivity index (χ2v) is 4.49. The molecule has 0 bridgehead atoms. The molecule has 0 radical (unpaired) electrons. The van der Waals surface area contributed by atoms with Crippen molar-refractivity contribution >= 4 is 11.8 Å². The number of carbonyl (C=O) groups excluding carboxylic acids is 2. The van der Waals surface area contributed by atoms with Gasteiger partial charge in [0.1, 0.15) is 12.1 Å². The lowest BCUT2D eigenvalue weighted by atomic mass is 10.0. The molecule has 1 aliphatic rings. The van der Waals surface area contributed by atoms with Crippen molar-refractivity contribution in [3.05, 3.63) is 12.7 Å². The number of unbranched alkanes of at least 4 members (excludes halogenated alkanes) is 1. The van der Waals surface area contributed by atoms with Crippen LogP contribution in [-0.4, -0.2) is 35.3 Å². The molecule has 4 nitrogen and oxygen atoms in total. The summed E-state index contributed by atoms with van der Waals surface area (Å²) in [6.07, 6.45) is 5.19. The van der Waals surface area contributed by atoms with E-state index >= 15 is 0 Å². The Kier molecular flexibility index (Phi) is 5.19. The van der Waals surface area contributed by atoms with Gasteiger partial charge >= 0.3 is 0 Å². The fraction of sp³-hybridized carbons (Fsp3) is 0.692. The first-order valence-electron chi connectivity index (χ1n) is 6.33. The summed E-state index contributed by atoms with van der Waals surface area (Å²) < 4.78 is 0. The number of rotatable bonds is 6. The predicted molar refractivity (Wildman–Crippen MR) is 67.4 cm³/mol. The maximum Gasteiger partial charge on any atom is 0.245 e. The Balaban J connectivity index is 2.65. The van der Waals surface area contributed by atoms with Crippen molar-refractivity contribution in [2.75, 3.05) is 6.54 Å². The van der Waals surface area contributed by atoms with Crippen molar-refractivity contribution in [3.8, 4) is 0 Å². The smallest absolute Gasteiger partial charge is 0.245 e. The standard InChI is InChI=1S/C13H22N2O2/c1-4-6-7-9-15-10(3)12(16)14-11(8-5-2)13(15)17/h4,10-11H,1,5-9H2,2-3H3,(H,14,16). The fourth-order valence-electron chi connectivity index (χ4n) is 2.08. The van der Waals surface area contributed by atoms with Gasteiger partial charge < -0.3 is 10.2 Å². The molecule has 0 aromatic rings. The quantitative estimate of drug-likeness (QED) is 0.562. The van der Waals surface area contributed by atoms with E-state index < -0.39 is 0 Å². The van der Waals surface area contributed by atoms with Crippen LogP contribution in [0.5, 0.6) is 0 Å². The molecule has 2 amide bonds. The van der Waals surface area contributed by atoms with E-state index in [1.54, 1.807) is 11.8 Å². The zero-order valence-corrected chi connectivity index (χ0v) is 10.7. The van der Waals surface area contributed by atoms with E-state index in [1.165, 1.54) is 0 Å². The Morgan fingerprint density at radius 2 is 2.18 bits per heavy atom. The normalized spacial score (nSPS) is 24.7. The molecule has 2 unspecified atom stereocenters. The van der Waals surface area contributed by atoms with Crippen LogP contribution in [0.25, 0.3) is 0 Å². The van der Waals surface area contributed by atoms with Crippen LogP contribution in [0.1, 0.15) is 39.5 Å². The first-order chi connectivity index (χ1) is 8.11. The van der Waals surface area contributed by atoms with Gasteiger partial charge in [-0.1, -0.05) is 19.4 Å². The van der Waals surface area contributed by atoms with Gasteiger partial charge in [0.15, 0.2) is 0 Å². The van der Waals surface area contributed by atoms with Gasteiger partial charge in [-0.05, 0) is 26.2 Å². The summed E-state index contributed by atoms with van der Waals surface area (Å²) >= 11 is 0. The molecule has 1 saturated heterocycles. The third-order valence-corrected chi connectivity index (χ3v) is 3.13. The lowest BCUT2D eigenvalue weighted by molar-refractivity contribution is -0.148. The Hall–Kier alpha value is -1.32. The number of amides is 2. The average molecular weight is 238 g/mol. The van der Waals surface area contributed by atoms with Crippen molar-refractivity contribution in [2.24, 2.45) is 0 Å². The van der Waals surface area contributed by atoms with Crippen LogP contribution in [0.15, 0.2) is 12.7 Å². The van der Waals surface area contributed by atoms with E-state index in [-0.39, 0.29) is 23.9 Å². The van der Waals surface area contributed by atoms with Crippen molar-refractivity contribution < 1.29 is 9.59 Å². The van der Waals surface area contributed by atoms with Gasteiger partial charge in [-0.2, -0.15) is 0 Å². The van der Waals surface area contributed by atoms with Crippen LogP contribution < -0.4 is 5.32 Å². The maximum atomic E-state index is 12.2. The zero-order chi connectivity index (χ0) is 12.8.